The highest BCUT2D eigenvalue weighted by Crippen LogP contribution is 2.40. The molecule has 7 heteroatoms. The van der Waals surface area contributed by atoms with Crippen LogP contribution in [0.4, 0.5) is 13.2 Å². The number of halogens is 3. The van der Waals surface area contributed by atoms with Crippen LogP contribution < -0.4 is 5.73 Å². The summed E-state index contributed by atoms with van der Waals surface area (Å²) < 4.78 is 38.5. The van der Waals surface area contributed by atoms with Crippen molar-refractivity contribution in [2.45, 2.75) is 31.2 Å². The molecule has 1 heterocycles. The van der Waals surface area contributed by atoms with Crippen molar-refractivity contribution in [3.8, 4) is 0 Å². The molecule has 2 unspecified atom stereocenters. The van der Waals surface area contributed by atoms with Crippen molar-refractivity contribution in [2.24, 2.45) is 5.73 Å². The summed E-state index contributed by atoms with van der Waals surface area (Å²) in [6.07, 6.45) is -1.76. The molecular weight excluding hydrogens is 223 g/mol. The van der Waals surface area contributed by atoms with Gasteiger partial charge in [0.15, 0.2) is 0 Å². The predicted octanol–water partition coefficient (Wildman–Crippen LogP) is 0.964. The summed E-state index contributed by atoms with van der Waals surface area (Å²) >= 11 is 0. The van der Waals surface area contributed by atoms with Crippen LogP contribution in [0.3, 0.4) is 0 Å². The Morgan fingerprint density at radius 3 is 2.44 bits per heavy atom. The van der Waals surface area contributed by atoms with Crippen LogP contribution in [0.15, 0.2) is 18.6 Å². The van der Waals surface area contributed by atoms with Crippen LogP contribution in [-0.2, 0) is 5.60 Å². The van der Waals surface area contributed by atoms with Crippen molar-refractivity contribution in [3.05, 3.63) is 24.3 Å². The van der Waals surface area contributed by atoms with Gasteiger partial charge in [-0.15, -0.1) is 0 Å². The standard InChI is InChI=1S/C9H12F3N3O/c1-2-6(13)8(16,9(10,11)12)7-5-14-3-4-15-7/h3-6,16H,2,13H2,1H3. The SMILES string of the molecule is CCC(N)C(O)(c1cnccn1)C(F)(F)F. The van der Waals surface area contributed by atoms with Crippen molar-refractivity contribution in [2.75, 3.05) is 0 Å². The van der Waals surface area contributed by atoms with Crippen LogP contribution in [0.2, 0.25) is 0 Å². The molecule has 0 aliphatic carbocycles. The van der Waals surface area contributed by atoms with E-state index in [0.29, 0.717) is 0 Å². The van der Waals surface area contributed by atoms with Gasteiger partial charge in [-0.05, 0) is 6.42 Å². The summed E-state index contributed by atoms with van der Waals surface area (Å²) in [5.74, 6) is 0. The Bertz CT molecular complexity index is 344. The van der Waals surface area contributed by atoms with E-state index in [0.717, 1.165) is 12.4 Å². The third kappa shape index (κ3) is 2.00. The number of rotatable bonds is 3. The summed E-state index contributed by atoms with van der Waals surface area (Å²) in [5.41, 5.74) is 1.59. The number of aromatic nitrogens is 2. The van der Waals surface area contributed by atoms with Crippen LogP contribution in [-0.4, -0.2) is 27.3 Å². The Balaban J connectivity index is 3.26. The van der Waals surface area contributed by atoms with Gasteiger partial charge in [0.2, 0.25) is 5.60 Å². The van der Waals surface area contributed by atoms with Gasteiger partial charge in [-0.25, -0.2) is 0 Å². The normalized spacial score (nSPS) is 17.9. The van der Waals surface area contributed by atoms with Crippen molar-refractivity contribution >= 4 is 0 Å². The summed E-state index contributed by atoms with van der Waals surface area (Å²) in [6, 6.07) is -1.48. The minimum Gasteiger partial charge on any atom is -0.374 e. The summed E-state index contributed by atoms with van der Waals surface area (Å²) in [4.78, 5) is 6.98. The first-order valence-corrected chi connectivity index (χ1v) is 4.65. The first-order valence-electron chi connectivity index (χ1n) is 4.65. The zero-order valence-electron chi connectivity index (χ0n) is 8.57. The highest BCUT2D eigenvalue weighted by molar-refractivity contribution is 5.15. The number of hydrogen-bond donors (Lipinski definition) is 2. The van der Waals surface area contributed by atoms with E-state index in [-0.39, 0.29) is 6.42 Å². The Morgan fingerprint density at radius 1 is 1.44 bits per heavy atom. The Kier molecular flexibility index (Phi) is 3.49. The van der Waals surface area contributed by atoms with E-state index in [1.807, 2.05) is 0 Å². The quantitative estimate of drug-likeness (QED) is 0.818. The van der Waals surface area contributed by atoms with Gasteiger partial charge in [0, 0.05) is 18.4 Å². The molecule has 0 radical (unpaired) electrons. The summed E-state index contributed by atoms with van der Waals surface area (Å²) in [7, 11) is 0. The van der Waals surface area contributed by atoms with Crippen molar-refractivity contribution in [1.82, 2.24) is 9.97 Å². The van der Waals surface area contributed by atoms with Crippen LogP contribution >= 0.6 is 0 Å². The Hall–Kier alpha value is -1.21. The molecule has 1 aromatic rings. The molecule has 16 heavy (non-hydrogen) atoms. The van der Waals surface area contributed by atoms with Gasteiger partial charge in [0.05, 0.1) is 6.20 Å². The second-order valence-electron chi connectivity index (χ2n) is 3.37. The lowest BCUT2D eigenvalue weighted by Crippen LogP contribution is -2.55. The summed E-state index contributed by atoms with van der Waals surface area (Å²) in [5, 5.41) is 9.74. The molecule has 0 aliphatic rings. The average Bonchev–Trinajstić information content (AvgIpc) is 2.26. The molecular formula is C9H12F3N3O. The fourth-order valence-electron chi connectivity index (χ4n) is 1.34. The number of aliphatic hydroxyl groups is 1. The second kappa shape index (κ2) is 4.34. The van der Waals surface area contributed by atoms with Gasteiger partial charge in [0.1, 0.15) is 5.69 Å². The minimum atomic E-state index is -4.89. The van der Waals surface area contributed by atoms with E-state index in [1.165, 1.54) is 13.1 Å². The number of hydrogen-bond acceptors (Lipinski definition) is 4. The maximum atomic E-state index is 12.8. The van der Waals surface area contributed by atoms with E-state index < -0.39 is 23.5 Å². The molecule has 0 fully saturated rings. The number of alkyl halides is 3. The van der Waals surface area contributed by atoms with Crippen molar-refractivity contribution < 1.29 is 18.3 Å². The van der Waals surface area contributed by atoms with E-state index in [4.69, 9.17) is 5.73 Å². The largest absolute Gasteiger partial charge is 0.424 e. The van der Waals surface area contributed by atoms with E-state index in [1.54, 1.807) is 0 Å². The molecule has 0 aromatic carbocycles. The molecule has 0 aliphatic heterocycles. The lowest BCUT2D eigenvalue weighted by Gasteiger charge is -2.34. The predicted molar refractivity (Wildman–Crippen MR) is 50.3 cm³/mol. The third-order valence-electron chi connectivity index (χ3n) is 2.36. The maximum Gasteiger partial charge on any atom is 0.424 e. The van der Waals surface area contributed by atoms with E-state index >= 15 is 0 Å². The van der Waals surface area contributed by atoms with E-state index in [9.17, 15) is 18.3 Å². The molecule has 1 rings (SSSR count). The zero-order chi connectivity index (χ0) is 12.4. The molecule has 3 N–H and O–H groups in total. The third-order valence-corrected chi connectivity index (χ3v) is 2.36. The fourth-order valence-corrected chi connectivity index (χ4v) is 1.34. The molecule has 90 valence electrons. The van der Waals surface area contributed by atoms with Gasteiger partial charge in [-0.2, -0.15) is 13.2 Å². The van der Waals surface area contributed by atoms with Crippen LogP contribution in [0, 0.1) is 0 Å². The first kappa shape index (κ1) is 12.9. The van der Waals surface area contributed by atoms with Gasteiger partial charge in [-0.1, -0.05) is 6.92 Å². The Labute approximate surface area is 90.3 Å². The molecule has 2 atom stereocenters. The van der Waals surface area contributed by atoms with Crippen LogP contribution in [0.5, 0.6) is 0 Å². The highest BCUT2D eigenvalue weighted by atomic mass is 19.4. The monoisotopic (exact) mass is 235 g/mol. The molecule has 0 saturated heterocycles. The highest BCUT2D eigenvalue weighted by Gasteiger charge is 2.59. The maximum absolute atomic E-state index is 12.8. The molecule has 4 nitrogen and oxygen atoms in total. The van der Waals surface area contributed by atoms with Gasteiger partial charge in [0.25, 0.3) is 0 Å². The molecule has 1 aromatic heterocycles. The topological polar surface area (TPSA) is 72.0 Å². The zero-order valence-corrected chi connectivity index (χ0v) is 8.57. The van der Waals surface area contributed by atoms with Crippen LogP contribution in [0.1, 0.15) is 19.0 Å². The van der Waals surface area contributed by atoms with Gasteiger partial charge in [-0.3, -0.25) is 9.97 Å². The minimum absolute atomic E-state index is 0.0351. The average molecular weight is 235 g/mol. The van der Waals surface area contributed by atoms with Crippen LogP contribution in [0.25, 0.3) is 0 Å². The van der Waals surface area contributed by atoms with Gasteiger partial charge >= 0.3 is 6.18 Å². The smallest absolute Gasteiger partial charge is 0.374 e. The molecule has 0 bridgehead atoms. The second-order valence-corrected chi connectivity index (χ2v) is 3.37. The van der Waals surface area contributed by atoms with Crippen molar-refractivity contribution in [3.63, 3.8) is 0 Å². The summed E-state index contributed by atoms with van der Waals surface area (Å²) in [6.45, 7) is 1.46. The van der Waals surface area contributed by atoms with E-state index in [2.05, 4.69) is 9.97 Å². The molecule has 0 saturated carbocycles. The lowest BCUT2D eigenvalue weighted by atomic mass is 9.89. The number of nitrogens with zero attached hydrogens (tertiary/aromatic N) is 2. The molecule has 0 spiro atoms. The van der Waals surface area contributed by atoms with Gasteiger partial charge < -0.3 is 10.8 Å². The fraction of sp³-hybridized carbons (Fsp3) is 0.556. The number of nitrogens with two attached hydrogens (primary N) is 1. The van der Waals surface area contributed by atoms with Crippen molar-refractivity contribution in [1.29, 1.82) is 0 Å². The molecule has 0 amide bonds. The lowest BCUT2D eigenvalue weighted by molar-refractivity contribution is -0.276. The Morgan fingerprint density at radius 2 is 2.06 bits per heavy atom. The first-order chi connectivity index (χ1) is 7.34.